The maximum Gasteiger partial charge on any atom is 0.224 e. The number of nitrogens with two attached hydrogens (primary N) is 1. The molecule has 1 aromatic heterocycles. The molecule has 1 rings (SSSR count). The first-order valence-corrected chi connectivity index (χ1v) is 7.33. The summed E-state index contributed by atoms with van der Waals surface area (Å²) in [6.07, 6.45) is 1.35. The zero-order valence-corrected chi connectivity index (χ0v) is 12.5. The summed E-state index contributed by atoms with van der Waals surface area (Å²) < 4.78 is 0. The number of carbonyl (C=O) groups excluding carboxylic acids is 1. The largest absolute Gasteiger partial charge is 0.343 e. The Bertz CT molecular complexity index is 362. The van der Waals surface area contributed by atoms with Gasteiger partial charge in [-0.25, -0.2) is 0 Å². The average molecular weight is 268 g/mol. The van der Waals surface area contributed by atoms with E-state index in [9.17, 15) is 4.79 Å². The molecule has 0 fully saturated rings. The fraction of sp³-hybridized carbons (Fsp3) is 0.643. The Hall–Kier alpha value is -0.870. The van der Waals surface area contributed by atoms with Crippen molar-refractivity contribution in [3.8, 4) is 0 Å². The third kappa shape index (κ3) is 4.42. The van der Waals surface area contributed by atoms with Crippen molar-refractivity contribution in [1.82, 2.24) is 4.90 Å². The van der Waals surface area contributed by atoms with Gasteiger partial charge in [-0.15, -0.1) is 11.3 Å². The molecule has 0 aliphatic carbocycles. The monoisotopic (exact) mass is 268 g/mol. The van der Waals surface area contributed by atoms with Gasteiger partial charge in [0.25, 0.3) is 0 Å². The summed E-state index contributed by atoms with van der Waals surface area (Å²) in [6.45, 7) is 6.18. The normalized spacial score (nSPS) is 14.6. The number of likely N-dealkylation sites (N-methyl/N-ethyl adjacent to an activating group) is 1. The lowest BCUT2D eigenvalue weighted by Gasteiger charge is -2.26. The van der Waals surface area contributed by atoms with Crippen LogP contribution in [0, 0.1) is 5.92 Å². The van der Waals surface area contributed by atoms with E-state index in [2.05, 4.69) is 18.4 Å². The number of carbonyl (C=O) groups is 1. The van der Waals surface area contributed by atoms with Crippen LogP contribution in [-0.4, -0.2) is 29.9 Å². The van der Waals surface area contributed by atoms with Gasteiger partial charge < -0.3 is 10.6 Å². The second kappa shape index (κ2) is 6.90. The third-order valence-electron chi connectivity index (χ3n) is 3.40. The van der Waals surface area contributed by atoms with Crippen LogP contribution >= 0.6 is 11.3 Å². The van der Waals surface area contributed by atoms with Crippen molar-refractivity contribution in [2.24, 2.45) is 11.7 Å². The minimum atomic E-state index is -0.0473. The van der Waals surface area contributed by atoms with E-state index in [1.165, 1.54) is 4.88 Å². The lowest BCUT2D eigenvalue weighted by Crippen LogP contribution is -2.40. The van der Waals surface area contributed by atoms with E-state index in [4.69, 9.17) is 5.73 Å². The fourth-order valence-electron chi connectivity index (χ4n) is 1.68. The van der Waals surface area contributed by atoms with Gasteiger partial charge in [0.05, 0.1) is 0 Å². The second-order valence-electron chi connectivity index (χ2n) is 5.25. The van der Waals surface area contributed by atoms with Gasteiger partial charge in [0, 0.05) is 36.9 Å². The van der Waals surface area contributed by atoms with E-state index in [0.29, 0.717) is 12.3 Å². The third-order valence-corrected chi connectivity index (χ3v) is 4.30. The predicted molar refractivity (Wildman–Crippen MR) is 77.7 cm³/mol. The van der Waals surface area contributed by atoms with Crippen LogP contribution in [0.25, 0.3) is 0 Å². The molecule has 0 saturated carbocycles. The Kier molecular flexibility index (Phi) is 5.82. The molecule has 0 bridgehead atoms. The topological polar surface area (TPSA) is 46.3 Å². The molecule has 0 aromatic carbocycles. The van der Waals surface area contributed by atoms with Crippen molar-refractivity contribution < 1.29 is 4.79 Å². The van der Waals surface area contributed by atoms with Gasteiger partial charge in [-0.1, -0.05) is 19.9 Å². The van der Waals surface area contributed by atoms with Crippen LogP contribution < -0.4 is 5.73 Å². The summed E-state index contributed by atoms with van der Waals surface area (Å²) in [7, 11) is 1.87. The first kappa shape index (κ1) is 15.2. The molecule has 1 aromatic rings. The Labute approximate surface area is 114 Å². The molecular formula is C14H24N2OS. The summed E-state index contributed by atoms with van der Waals surface area (Å²) >= 11 is 1.74. The maximum absolute atomic E-state index is 12.1. The smallest absolute Gasteiger partial charge is 0.224 e. The minimum absolute atomic E-state index is 0.0473. The molecule has 0 aliphatic heterocycles. The number of hydrogen-bond acceptors (Lipinski definition) is 3. The molecule has 2 unspecified atom stereocenters. The van der Waals surface area contributed by atoms with Gasteiger partial charge >= 0.3 is 0 Å². The quantitative estimate of drug-likeness (QED) is 0.861. The molecular weight excluding hydrogens is 244 g/mol. The number of hydrogen-bond donors (Lipinski definition) is 1. The van der Waals surface area contributed by atoms with Crippen molar-refractivity contribution >= 4 is 17.2 Å². The van der Waals surface area contributed by atoms with Crippen molar-refractivity contribution in [2.45, 2.75) is 45.7 Å². The van der Waals surface area contributed by atoms with Crippen LogP contribution in [0.3, 0.4) is 0 Å². The van der Waals surface area contributed by atoms with E-state index in [1.54, 1.807) is 11.3 Å². The van der Waals surface area contributed by atoms with Gasteiger partial charge in [-0.2, -0.15) is 0 Å². The number of nitrogens with zero attached hydrogens (tertiary/aromatic N) is 1. The molecule has 0 aliphatic rings. The zero-order valence-electron chi connectivity index (χ0n) is 11.7. The molecule has 2 N–H and O–H groups in total. The summed E-state index contributed by atoms with van der Waals surface area (Å²) in [5.74, 6) is 0.482. The molecule has 0 spiro atoms. The molecule has 102 valence electrons. The number of thiophene rings is 1. The molecule has 3 nitrogen and oxygen atoms in total. The van der Waals surface area contributed by atoms with Crippen LogP contribution in [0.4, 0.5) is 0 Å². The molecule has 1 heterocycles. The van der Waals surface area contributed by atoms with Gasteiger partial charge in [-0.05, 0) is 24.3 Å². The summed E-state index contributed by atoms with van der Waals surface area (Å²) in [6, 6.07) is 4.33. The van der Waals surface area contributed by atoms with Gasteiger partial charge in [0.1, 0.15) is 0 Å². The van der Waals surface area contributed by atoms with E-state index < -0.39 is 0 Å². The highest BCUT2D eigenvalue weighted by Gasteiger charge is 2.20. The predicted octanol–water partition coefficient (Wildman–Crippen LogP) is 2.51. The molecule has 0 radical (unpaired) electrons. The average Bonchev–Trinajstić information content (AvgIpc) is 2.80. The highest BCUT2D eigenvalue weighted by atomic mass is 32.1. The Morgan fingerprint density at radius 2 is 2.11 bits per heavy atom. The van der Waals surface area contributed by atoms with Crippen LogP contribution in [0.1, 0.15) is 32.1 Å². The Morgan fingerprint density at radius 3 is 2.61 bits per heavy atom. The van der Waals surface area contributed by atoms with E-state index >= 15 is 0 Å². The molecule has 2 atom stereocenters. The maximum atomic E-state index is 12.1. The van der Waals surface area contributed by atoms with Crippen LogP contribution in [0.5, 0.6) is 0 Å². The summed E-state index contributed by atoms with van der Waals surface area (Å²) in [4.78, 5) is 15.2. The first-order chi connectivity index (χ1) is 8.41. The zero-order chi connectivity index (χ0) is 13.7. The first-order valence-electron chi connectivity index (χ1n) is 6.45. The van der Waals surface area contributed by atoms with Gasteiger partial charge in [-0.3, -0.25) is 4.79 Å². The molecule has 0 saturated heterocycles. The number of rotatable bonds is 6. The molecule has 18 heavy (non-hydrogen) atoms. The highest BCUT2D eigenvalue weighted by molar-refractivity contribution is 7.09. The van der Waals surface area contributed by atoms with E-state index in [0.717, 1.165) is 6.42 Å². The number of amides is 1. The molecule has 1 amide bonds. The standard InChI is InChI=1S/C14H24N2OS/c1-10(2)13(15)9-14(17)16(4)11(3)8-12-6-5-7-18-12/h5-7,10-11,13H,8-9,15H2,1-4H3. The lowest BCUT2D eigenvalue weighted by atomic mass is 10.0. The van der Waals surface area contributed by atoms with Crippen LogP contribution in [0.15, 0.2) is 17.5 Å². The van der Waals surface area contributed by atoms with E-state index in [1.807, 2.05) is 31.9 Å². The minimum Gasteiger partial charge on any atom is -0.343 e. The Morgan fingerprint density at radius 1 is 1.44 bits per heavy atom. The summed E-state index contributed by atoms with van der Waals surface area (Å²) in [5.41, 5.74) is 5.95. The highest BCUT2D eigenvalue weighted by Crippen LogP contribution is 2.14. The van der Waals surface area contributed by atoms with Crippen molar-refractivity contribution in [2.75, 3.05) is 7.05 Å². The second-order valence-corrected chi connectivity index (χ2v) is 6.28. The van der Waals surface area contributed by atoms with Crippen molar-refractivity contribution in [3.05, 3.63) is 22.4 Å². The van der Waals surface area contributed by atoms with Gasteiger partial charge in [0.2, 0.25) is 5.91 Å². The summed E-state index contributed by atoms with van der Waals surface area (Å²) in [5, 5.41) is 2.07. The van der Waals surface area contributed by atoms with Gasteiger partial charge in [0.15, 0.2) is 0 Å². The van der Waals surface area contributed by atoms with Crippen molar-refractivity contribution in [1.29, 1.82) is 0 Å². The molecule has 4 heteroatoms. The van der Waals surface area contributed by atoms with Crippen LogP contribution in [-0.2, 0) is 11.2 Å². The van der Waals surface area contributed by atoms with Crippen molar-refractivity contribution in [3.63, 3.8) is 0 Å². The lowest BCUT2D eigenvalue weighted by molar-refractivity contribution is -0.132. The SMILES string of the molecule is CC(C)C(N)CC(=O)N(C)C(C)Cc1cccs1. The van der Waals surface area contributed by atoms with E-state index in [-0.39, 0.29) is 18.0 Å². The fourth-order valence-corrected chi connectivity index (χ4v) is 2.51. The Balaban J connectivity index is 2.47. The van der Waals surface area contributed by atoms with Crippen LogP contribution in [0.2, 0.25) is 0 Å².